The summed E-state index contributed by atoms with van der Waals surface area (Å²) in [5.41, 5.74) is 1.44. The number of hydrogen-bond acceptors (Lipinski definition) is 5. The zero-order valence-electron chi connectivity index (χ0n) is 16.3. The van der Waals surface area contributed by atoms with Gasteiger partial charge < -0.3 is 14.6 Å². The van der Waals surface area contributed by atoms with Crippen molar-refractivity contribution in [3.8, 4) is 11.5 Å². The molecule has 30 heavy (non-hydrogen) atoms. The van der Waals surface area contributed by atoms with Crippen LogP contribution in [0.25, 0.3) is 11.0 Å². The third-order valence-electron chi connectivity index (χ3n) is 5.21. The van der Waals surface area contributed by atoms with Crippen LogP contribution in [0.1, 0.15) is 39.4 Å². The number of benzene rings is 3. The number of aromatic hydroxyl groups is 2. The van der Waals surface area contributed by atoms with Gasteiger partial charge in [-0.3, -0.25) is 4.79 Å². The molecule has 0 spiro atoms. The Morgan fingerprint density at radius 3 is 2.47 bits per heavy atom. The van der Waals surface area contributed by atoms with Crippen molar-refractivity contribution in [3.05, 3.63) is 105 Å². The van der Waals surface area contributed by atoms with E-state index in [0.29, 0.717) is 10.9 Å². The molecule has 0 aliphatic heterocycles. The van der Waals surface area contributed by atoms with Crippen molar-refractivity contribution in [2.45, 2.75) is 19.3 Å². The molecule has 0 aliphatic rings. The van der Waals surface area contributed by atoms with Gasteiger partial charge in [-0.05, 0) is 36.8 Å². The maximum atomic E-state index is 13.0. The molecular formula is C25H20O5. The van der Waals surface area contributed by atoms with E-state index in [1.54, 1.807) is 36.4 Å². The average Bonchev–Trinajstić information content (AvgIpc) is 2.73. The standard InChI is InChI=1S/C25H20O5/c1-15-7-6-8-16(13-15)19(14-21(27)17-9-2-4-11-20(17)26)23-24(28)18-10-3-5-12-22(18)30-25(23)29/h2-13,19,26,28H,14H2,1H3. The lowest BCUT2D eigenvalue weighted by molar-refractivity contribution is 0.0974. The van der Waals surface area contributed by atoms with E-state index in [9.17, 15) is 19.8 Å². The Balaban J connectivity index is 1.89. The minimum atomic E-state index is -0.738. The van der Waals surface area contributed by atoms with E-state index in [1.165, 1.54) is 12.1 Å². The van der Waals surface area contributed by atoms with Gasteiger partial charge in [-0.25, -0.2) is 4.79 Å². The second-order valence-electron chi connectivity index (χ2n) is 7.26. The number of ketones is 1. The van der Waals surface area contributed by atoms with Crippen molar-refractivity contribution in [2.75, 3.05) is 0 Å². The first-order chi connectivity index (χ1) is 14.5. The smallest absolute Gasteiger partial charge is 0.343 e. The highest BCUT2D eigenvalue weighted by Crippen LogP contribution is 2.37. The summed E-state index contributed by atoms with van der Waals surface area (Å²) in [6, 6.07) is 20.4. The number of Topliss-reactive ketones (excluding diaryl/α,β-unsaturated/α-hetero) is 1. The van der Waals surface area contributed by atoms with E-state index in [2.05, 4.69) is 0 Å². The van der Waals surface area contributed by atoms with Crippen LogP contribution in [-0.2, 0) is 0 Å². The molecule has 5 heteroatoms. The molecule has 0 bridgehead atoms. The number of phenols is 1. The molecule has 0 saturated heterocycles. The molecule has 0 radical (unpaired) electrons. The first-order valence-electron chi connectivity index (χ1n) is 9.58. The molecule has 1 aromatic heterocycles. The molecule has 1 unspecified atom stereocenters. The van der Waals surface area contributed by atoms with Crippen LogP contribution in [-0.4, -0.2) is 16.0 Å². The first-order valence-corrected chi connectivity index (χ1v) is 9.58. The largest absolute Gasteiger partial charge is 0.507 e. The Labute approximate surface area is 172 Å². The van der Waals surface area contributed by atoms with Gasteiger partial charge in [-0.2, -0.15) is 0 Å². The fraction of sp³-hybridized carbons (Fsp3) is 0.120. The molecule has 0 fully saturated rings. The zero-order chi connectivity index (χ0) is 21.3. The van der Waals surface area contributed by atoms with Gasteiger partial charge in [-0.1, -0.05) is 54.1 Å². The fourth-order valence-electron chi connectivity index (χ4n) is 3.73. The van der Waals surface area contributed by atoms with Crippen molar-refractivity contribution in [1.29, 1.82) is 0 Å². The SMILES string of the molecule is Cc1cccc(C(CC(=O)c2ccccc2O)c2c(O)c3ccccc3oc2=O)c1. The van der Waals surface area contributed by atoms with Crippen LogP contribution in [0.5, 0.6) is 11.5 Å². The summed E-state index contributed by atoms with van der Waals surface area (Å²) in [5.74, 6) is -1.40. The van der Waals surface area contributed by atoms with Gasteiger partial charge in [0.15, 0.2) is 5.78 Å². The number of hydrogen-bond donors (Lipinski definition) is 2. The molecule has 1 atom stereocenters. The van der Waals surface area contributed by atoms with Crippen molar-refractivity contribution < 1.29 is 19.4 Å². The summed E-state index contributed by atoms with van der Waals surface area (Å²) >= 11 is 0. The number of carbonyl (C=O) groups is 1. The number of fused-ring (bicyclic) bond motifs is 1. The predicted octanol–water partition coefficient (Wildman–Crippen LogP) is 4.92. The average molecular weight is 400 g/mol. The van der Waals surface area contributed by atoms with E-state index in [4.69, 9.17) is 4.42 Å². The maximum Gasteiger partial charge on any atom is 0.343 e. The normalized spacial score (nSPS) is 12.0. The summed E-state index contributed by atoms with van der Waals surface area (Å²) in [6.45, 7) is 1.91. The number of phenolic OH excluding ortho intramolecular Hbond substituents is 1. The Kier molecular flexibility index (Phi) is 5.11. The van der Waals surface area contributed by atoms with Crippen LogP contribution in [0.4, 0.5) is 0 Å². The van der Waals surface area contributed by atoms with Crippen molar-refractivity contribution in [3.63, 3.8) is 0 Å². The molecule has 2 N–H and O–H groups in total. The van der Waals surface area contributed by atoms with Crippen LogP contribution in [0, 0.1) is 6.92 Å². The fourth-order valence-corrected chi connectivity index (χ4v) is 3.73. The molecule has 4 aromatic rings. The lowest BCUT2D eigenvalue weighted by Crippen LogP contribution is -2.17. The highest BCUT2D eigenvalue weighted by molar-refractivity contribution is 5.99. The maximum absolute atomic E-state index is 13.0. The summed E-state index contributed by atoms with van der Waals surface area (Å²) in [5, 5.41) is 21.4. The van der Waals surface area contributed by atoms with Gasteiger partial charge in [0, 0.05) is 12.3 Å². The van der Waals surface area contributed by atoms with Crippen LogP contribution in [0.2, 0.25) is 0 Å². The van der Waals surface area contributed by atoms with Crippen LogP contribution in [0.15, 0.2) is 82.0 Å². The molecule has 5 nitrogen and oxygen atoms in total. The van der Waals surface area contributed by atoms with E-state index in [1.807, 2.05) is 31.2 Å². The molecule has 150 valence electrons. The second kappa shape index (κ2) is 7.87. The minimum absolute atomic E-state index is 0.0306. The molecular weight excluding hydrogens is 380 g/mol. The second-order valence-corrected chi connectivity index (χ2v) is 7.26. The van der Waals surface area contributed by atoms with Gasteiger partial charge in [0.25, 0.3) is 0 Å². The van der Waals surface area contributed by atoms with E-state index in [-0.39, 0.29) is 40.4 Å². The van der Waals surface area contributed by atoms with E-state index >= 15 is 0 Å². The number of carbonyl (C=O) groups excluding carboxylic acids is 1. The lowest BCUT2D eigenvalue weighted by atomic mass is 9.85. The van der Waals surface area contributed by atoms with E-state index in [0.717, 1.165) is 5.56 Å². The Hall–Kier alpha value is -3.86. The quantitative estimate of drug-likeness (QED) is 0.367. The van der Waals surface area contributed by atoms with E-state index < -0.39 is 11.5 Å². The number of para-hydroxylation sites is 2. The predicted molar refractivity (Wildman–Crippen MR) is 114 cm³/mol. The summed E-state index contributed by atoms with van der Waals surface area (Å²) in [7, 11) is 0. The number of rotatable bonds is 5. The lowest BCUT2D eigenvalue weighted by Gasteiger charge is -2.19. The first kappa shape index (κ1) is 19.5. The molecule has 0 aliphatic carbocycles. The highest BCUT2D eigenvalue weighted by Gasteiger charge is 2.28. The van der Waals surface area contributed by atoms with Crippen molar-refractivity contribution >= 4 is 16.8 Å². The Morgan fingerprint density at radius 1 is 0.967 bits per heavy atom. The minimum Gasteiger partial charge on any atom is -0.507 e. The van der Waals surface area contributed by atoms with Gasteiger partial charge in [0.05, 0.1) is 16.5 Å². The van der Waals surface area contributed by atoms with Crippen molar-refractivity contribution in [1.82, 2.24) is 0 Å². The monoisotopic (exact) mass is 400 g/mol. The van der Waals surface area contributed by atoms with Crippen LogP contribution < -0.4 is 5.63 Å². The summed E-state index contributed by atoms with van der Waals surface area (Å²) < 4.78 is 5.44. The van der Waals surface area contributed by atoms with Crippen LogP contribution in [0.3, 0.4) is 0 Å². The Morgan fingerprint density at radius 2 is 1.70 bits per heavy atom. The van der Waals surface area contributed by atoms with Crippen LogP contribution >= 0.6 is 0 Å². The van der Waals surface area contributed by atoms with Gasteiger partial charge in [-0.15, -0.1) is 0 Å². The summed E-state index contributed by atoms with van der Waals surface area (Å²) in [4.78, 5) is 25.9. The van der Waals surface area contributed by atoms with Gasteiger partial charge in [0.2, 0.25) is 0 Å². The van der Waals surface area contributed by atoms with Crippen molar-refractivity contribution in [2.24, 2.45) is 0 Å². The topological polar surface area (TPSA) is 87.7 Å². The Bertz CT molecular complexity index is 1300. The molecule has 1 heterocycles. The third-order valence-corrected chi connectivity index (χ3v) is 5.21. The van der Waals surface area contributed by atoms with Gasteiger partial charge in [0.1, 0.15) is 17.1 Å². The third kappa shape index (κ3) is 3.57. The molecule has 0 amide bonds. The molecule has 4 rings (SSSR count). The molecule has 3 aromatic carbocycles. The highest BCUT2D eigenvalue weighted by atomic mass is 16.4. The zero-order valence-corrected chi connectivity index (χ0v) is 16.3. The number of aryl methyl sites for hydroxylation is 1. The molecule has 0 saturated carbocycles. The summed E-state index contributed by atoms with van der Waals surface area (Å²) in [6.07, 6.45) is -0.113. The van der Waals surface area contributed by atoms with Gasteiger partial charge >= 0.3 is 5.63 Å².